The van der Waals surface area contributed by atoms with Crippen LogP contribution >= 0.6 is 0 Å². The highest BCUT2D eigenvalue weighted by molar-refractivity contribution is 5.76. The lowest BCUT2D eigenvalue weighted by Gasteiger charge is -2.17. The fourth-order valence-corrected chi connectivity index (χ4v) is 4.38. The van der Waals surface area contributed by atoms with Gasteiger partial charge in [-0.3, -0.25) is 14.5 Å². The number of pyridine rings is 1. The van der Waals surface area contributed by atoms with Gasteiger partial charge in [0.2, 0.25) is 5.91 Å². The Balaban J connectivity index is 1.34. The molecule has 2 aromatic heterocycles. The van der Waals surface area contributed by atoms with Gasteiger partial charge in [-0.25, -0.2) is 4.39 Å². The van der Waals surface area contributed by atoms with E-state index in [9.17, 15) is 9.18 Å². The molecule has 1 aliphatic rings. The number of likely N-dealkylation sites (tertiary alicyclic amines) is 1. The Kier molecular flexibility index (Phi) is 6.53. The minimum Gasteiger partial charge on any atom is -0.355 e. The van der Waals surface area contributed by atoms with Crippen LogP contribution < -0.4 is 5.32 Å². The van der Waals surface area contributed by atoms with Gasteiger partial charge < -0.3 is 10.2 Å². The van der Waals surface area contributed by atoms with Gasteiger partial charge in [-0.2, -0.15) is 5.10 Å². The molecule has 0 spiro atoms. The second-order valence-corrected chi connectivity index (χ2v) is 8.64. The number of benzene rings is 1. The zero-order valence-corrected chi connectivity index (χ0v) is 18.9. The lowest BCUT2D eigenvalue weighted by Crippen LogP contribution is -2.28. The molecule has 0 saturated carbocycles. The van der Waals surface area contributed by atoms with Crippen LogP contribution in [0.3, 0.4) is 0 Å². The number of anilines is 2. The standard InChI is InChI=1S/C25H30FN5O/c1-17-13-23(28-22-7-4-6-21(26)14-22)15-24(27-17)20-9-11-30(16-20)25(32)8-5-10-31-19(3)12-18(2)29-31/h4,6-7,12-15,20H,5,8-11,16H2,1-3H3,(H,27,28)/t20-/m1/s1. The van der Waals surface area contributed by atoms with Gasteiger partial charge in [0, 0.05) is 60.4 Å². The maximum atomic E-state index is 13.5. The summed E-state index contributed by atoms with van der Waals surface area (Å²) in [6.07, 6.45) is 2.21. The van der Waals surface area contributed by atoms with Gasteiger partial charge >= 0.3 is 0 Å². The first-order valence-electron chi connectivity index (χ1n) is 11.2. The Hall–Kier alpha value is -3.22. The monoisotopic (exact) mass is 435 g/mol. The lowest BCUT2D eigenvalue weighted by atomic mass is 10.0. The van der Waals surface area contributed by atoms with E-state index in [0.717, 1.165) is 54.4 Å². The van der Waals surface area contributed by atoms with E-state index in [0.29, 0.717) is 18.7 Å². The quantitative estimate of drug-likeness (QED) is 0.574. The molecule has 1 aromatic carbocycles. The number of aromatic nitrogens is 3. The predicted molar refractivity (Wildman–Crippen MR) is 124 cm³/mol. The van der Waals surface area contributed by atoms with Crippen molar-refractivity contribution in [3.05, 3.63) is 71.1 Å². The average Bonchev–Trinajstić information content (AvgIpc) is 3.34. The van der Waals surface area contributed by atoms with Crippen LogP contribution in [0.1, 0.15) is 48.0 Å². The van der Waals surface area contributed by atoms with Gasteiger partial charge in [0.15, 0.2) is 0 Å². The van der Waals surface area contributed by atoms with Crippen LogP contribution in [-0.4, -0.2) is 38.7 Å². The van der Waals surface area contributed by atoms with Gasteiger partial charge in [-0.1, -0.05) is 6.07 Å². The van der Waals surface area contributed by atoms with Crippen LogP contribution in [0, 0.1) is 26.6 Å². The first-order chi connectivity index (χ1) is 15.4. The fraction of sp³-hybridized carbons (Fsp3) is 0.400. The van der Waals surface area contributed by atoms with Gasteiger partial charge in [0.05, 0.1) is 5.69 Å². The summed E-state index contributed by atoms with van der Waals surface area (Å²) in [5.74, 6) is 0.131. The number of hydrogen-bond acceptors (Lipinski definition) is 4. The number of hydrogen-bond donors (Lipinski definition) is 1. The van der Waals surface area contributed by atoms with Crippen molar-refractivity contribution >= 4 is 17.3 Å². The molecule has 7 heteroatoms. The van der Waals surface area contributed by atoms with Crippen LogP contribution in [-0.2, 0) is 11.3 Å². The normalized spacial score (nSPS) is 15.9. The van der Waals surface area contributed by atoms with Crippen molar-refractivity contribution < 1.29 is 9.18 Å². The molecule has 168 valence electrons. The number of carbonyl (C=O) groups excluding carboxylic acids is 1. The number of carbonyl (C=O) groups is 1. The average molecular weight is 436 g/mol. The minimum absolute atomic E-state index is 0.194. The Morgan fingerprint density at radius 2 is 1.97 bits per heavy atom. The zero-order valence-electron chi connectivity index (χ0n) is 18.9. The highest BCUT2D eigenvalue weighted by Crippen LogP contribution is 2.29. The number of nitrogens with one attached hydrogen (secondary N) is 1. The largest absolute Gasteiger partial charge is 0.355 e. The molecule has 1 fully saturated rings. The Bertz CT molecular complexity index is 1110. The lowest BCUT2D eigenvalue weighted by molar-refractivity contribution is -0.130. The molecule has 4 rings (SSSR count). The van der Waals surface area contributed by atoms with E-state index >= 15 is 0 Å². The summed E-state index contributed by atoms with van der Waals surface area (Å²) < 4.78 is 15.5. The van der Waals surface area contributed by atoms with E-state index in [2.05, 4.69) is 16.5 Å². The second kappa shape index (κ2) is 9.51. The molecule has 0 radical (unpaired) electrons. The molecule has 0 unspecified atom stereocenters. The summed E-state index contributed by atoms with van der Waals surface area (Å²) >= 11 is 0. The summed E-state index contributed by atoms with van der Waals surface area (Å²) in [7, 11) is 0. The summed E-state index contributed by atoms with van der Waals surface area (Å²) in [6.45, 7) is 8.19. The maximum Gasteiger partial charge on any atom is 0.222 e. The minimum atomic E-state index is -0.274. The molecule has 0 bridgehead atoms. The van der Waals surface area contributed by atoms with E-state index in [1.807, 2.05) is 48.6 Å². The third-order valence-corrected chi connectivity index (χ3v) is 5.91. The topological polar surface area (TPSA) is 63.1 Å². The zero-order chi connectivity index (χ0) is 22.7. The van der Waals surface area contributed by atoms with Crippen LogP contribution in [0.4, 0.5) is 15.8 Å². The molecule has 32 heavy (non-hydrogen) atoms. The van der Waals surface area contributed by atoms with Crippen molar-refractivity contribution in [1.29, 1.82) is 0 Å². The summed E-state index contributed by atoms with van der Waals surface area (Å²) in [6, 6.07) is 12.4. The molecule has 0 aliphatic carbocycles. The number of amides is 1. The van der Waals surface area contributed by atoms with Gasteiger partial charge in [-0.05, 0) is 70.0 Å². The molecular weight excluding hydrogens is 405 g/mol. The molecule has 3 aromatic rings. The van der Waals surface area contributed by atoms with Crippen LogP contribution in [0.15, 0.2) is 42.5 Å². The molecule has 1 N–H and O–H groups in total. The highest BCUT2D eigenvalue weighted by atomic mass is 19.1. The van der Waals surface area contributed by atoms with Gasteiger partial charge in [0.1, 0.15) is 5.82 Å². The smallest absolute Gasteiger partial charge is 0.222 e. The summed E-state index contributed by atoms with van der Waals surface area (Å²) in [5, 5.41) is 7.73. The Morgan fingerprint density at radius 3 is 2.72 bits per heavy atom. The molecule has 1 aliphatic heterocycles. The molecule has 1 amide bonds. The Morgan fingerprint density at radius 1 is 1.12 bits per heavy atom. The summed E-state index contributed by atoms with van der Waals surface area (Å²) in [4.78, 5) is 19.4. The van der Waals surface area contributed by atoms with Crippen molar-refractivity contribution in [2.24, 2.45) is 0 Å². The fourth-order valence-electron chi connectivity index (χ4n) is 4.38. The van der Waals surface area contributed by atoms with Crippen LogP contribution in [0.2, 0.25) is 0 Å². The number of halogens is 1. The first-order valence-corrected chi connectivity index (χ1v) is 11.2. The molecule has 3 heterocycles. The van der Waals surface area contributed by atoms with Gasteiger partial charge in [0.25, 0.3) is 0 Å². The van der Waals surface area contributed by atoms with Crippen molar-refractivity contribution in [1.82, 2.24) is 19.7 Å². The van der Waals surface area contributed by atoms with Crippen molar-refractivity contribution in [3.8, 4) is 0 Å². The highest BCUT2D eigenvalue weighted by Gasteiger charge is 2.28. The molecule has 6 nitrogen and oxygen atoms in total. The molecular formula is C25H30FN5O. The number of aryl methyl sites for hydroxylation is 4. The van der Waals surface area contributed by atoms with Crippen molar-refractivity contribution in [2.45, 2.75) is 52.5 Å². The number of rotatable bonds is 7. The third kappa shape index (κ3) is 5.33. The SMILES string of the molecule is Cc1cc(Nc2cccc(F)c2)cc([C@@H]2CCN(C(=O)CCCn3nc(C)cc3C)C2)n1. The second-order valence-electron chi connectivity index (χ2n) is 8.64. The molecule has 1 atom stereocenters. The Labute approximate surface area is 188 Å². The number of nitrogens with zero attached hydrogens (tertiary/aromatic N) is 4. The van der Waals surface area contributed by atoms with Gasteiger partial charge in [-0.15, -0.1) is 0 Å². The maximum absolute atomic E-state index is 13.5. The first kappa shape index (κ1) is 22.0. The third-order valence-electron chi connectivity index (χ3n) is 5.91. The van der Waals surface area contributed by atoms with Crippen molar-refractivity contribution in [2.75, 3.05) is 18.4 Å². The van der Waals surface area contributed by atoms with E-state index in [1.165, 1.54) is 12.1 Å². The van der Waals surface area contributed by atoms with E-state index in [1.54, 1.807) is 6.07 Å². The van der Waals surface area contributed by atoms with Crippen molar-refractivity contribution in [3.63, 3.8) is 0 Å². The van der Waals surface area contributed by atoms with Crippen LogP contribution in [0.5, 0.6) is 0 Å². The van der Waals surface area contributed by atoms with E-state index in [4.69, 9.17) is 4.98 Å². The van der Waals surface area contributed by atoms with E-state index in [-0.39, 0.29) is 17.6 Å². The molecule has 1 saturated heterocycles. The summed E-state index contributed by atoms with van der Waals surface area (Å²) in [5.41, 5.74) is 5.59. The predicted octanol–water partition coefficient (Wildman–Crippen LogP) is 4.88. The van der Waals surface area contributed by atoms with E-state index < -0.39 is 0 Å². The van der Waals surface area contributed by atoms with Crippen LogP contribution in [0.25, 0.3) is 0 Å².